The second-order valence-corrected chi connectivity index (χ2v) is 6.01. The Morgan fingerprint density at radius 1 is 1.12 bits per heavy atom. The van der Waals surface area contributed by atoms with Crippen molar-refractivity contribution in [2.24, 2.45) is 0 Å². The molecular formula is C17H14BrN5O. The number of hydrogen-bond donors (Lipinski definition) is 1. The van der Waals surface area contributed by atoms with Crippen molar-refractivity contribution in [3.05, 3.63) is 70.7 Å². The number of aromatic nitrogens is 3. The number of nitrogens with zero attached hydrogens (tertiary/aromatic N) is 5. The highest BCUT2D eigenvalue weighted by Gasteiger charge is 2.10. The van der Waals surface area contributed by atoms with Crippen LogP contribution < -0.4 is 5.01 Å². The minimum atomic E-state index is 0.224. The summed E-state index contributed by atoms with van der Waals surface area (Å²) in [6.07, 6.45) is 4.02. The normalized spacial score (nSPS) is 10.3. The van der Waals surface area contributed by atoms with Crippen LogP contribution in [-0.2, 0) is 6.42 Å². The number of nitriles is 1. The predicted octanol–water partition coefficient (Wildman–Crippen LogP) is 3.13. The zero-order valence-corrected chi connectivity index (χ0v) is 14.3. The van der Waals surface area contributed by atoms with Crippen molar-refractivity contribution in [3.63, 3.8) is 0 Å². The molecule has 0 unspecified atom stereocenters. The average Bonchev–Trinajstić information content (AvgIpc) is 3.13. The first kappa shape index (κ1) is 16.0. The quantitative estimate of drug-likeness (QED) is 0.731. The van der Waals surface area contributed by atoms with Crippen LogP contribution in [0.2, 0.25) is 0 Å². The van der Waals surface area contributed by atoms with Gasteiger partial charge in [-0.1, -0.05) is 6.07 Å². The maximum atomic E-state index is 9.59. The van der Waals surface area contributed by atoms with Crippen LogP contribution >= 0.6 is 15.9 Å². The van der Waals surface area contributed by atoms with Crippen molar-refractivity contribution >= 4 is 21.6 Å². The lowest BCUT2D eigenvalue weighted by Gasteiger charge is -2.25. The fraction of sp³-hybridized carbons (Fsp3) is 0.118. The molecule has 120 valence electrons. The van der Waals surface area contributed by atoms with E-state index in [1.165, 1.54) is 0 Å². The molecule has 1 aromatic heterocycles. The van der Waals surface area contributed by atoms with Gasteiger partial charge in [-0.05, 0) is 64.3 Å². The molecule has 1 heterocycles. The van der Waals surface area contributed by atoms with Crippen LogP contribution in [0.5, 0.6) is 5.75 Å². The van der Waals surface area contributed by atoms with Crippen LogP contribution in [0.25, 0.3) is 0 Å². The lowest BCUT2D eigenvalue weighted by atomic mass is 10.1. The van der Waals surface area contributed by atoms with Gasteiger partial charge in [-0.3, -0.25) is 5.01 Å². The Kier molecular flexibility index (Phi) is 4.77. The summed E-state index contributed by atoms with van der Waals surface area (Å²) >= 11 is 3.33. The summed E-state index contributed by atoms with van der Waals surface area (Å²) in [7, 11) is 0. The summed E-state index contributed by atoms with van der Waals surface area (Å²) in [5, 5.41) is 28.3. The first-order chi connectivity index (χ1) is 11.7. The number of rotatable bonds is 5. The number of anilines is 1. The lowest BCUT2D eigenvalue weighted by Crippen LogP contribution is -2.30. The van der Waals surface area contributed by atoms with Crippen molar-refractivity contribution in [1.29, 1.82) is 5.26 Å². The smallest absolute Gasteiger partial charge is 0.139 e. The van der Waals surface area contributed by atoms with E-state index in [-0.39, 0.29) is 5.75 Å². The Balaban J connectivity index is 1.82. The molecule has 0 aliphatic carbocycles. The molecule has 0 aliphatic heterocycles. The lowest BCUT2D eigenvalue weighted by molar-refractivity contribution is 0.471. The highest BCUT2D eigenvalue weighted by molar-refractivity contribution is 9.10. The molecule has 0 atom stereocenters. The number of phenols is 1. The van der Waals surface area contributed by atoms with E-state index < -0.39 is 0 Å². The predicted molar refractivity (Wildman–Crippen MR) is 93.4 cm³/mol. The van der Waals surface area contributed by atoms with E-state index in [1.807, 2.05) is 29.3 Å². The molecule has 1 N–H and O–H groups in total. The van der Waals surface area contributed by atoms with Crippen molar-refractivity contribution < 1.29 is 5.11 Å². The third-order valence-electron chi connectivity index (χ3n) is 3.60. The topological polar surface area (TPSA) is 78.0 Å². The van der Waals surface area contributed by atoms with Crippen molar-refractivity contribution in [2.75, 3.05) is 11.6 Å². The van der Waals surface area contributed by atoms with E-state index in [9.17, 15) is 5.11 Å². The Morgan fingerprint density at radius 2 is 1.83 bits per heavy atom. The Labute approximate surface area is 147 Å². The molecule has 24 heavy (non-hydrogen) atoms. The first-order valence-corrected chi connectivity index (χ1v) is 8.06. The molecular weight excluding hydrogens is 370 g/mol. The summed E-state index contributed by atoms with van der Waals surface area (Å²) in [5.74, 6) is 0.224. The van der Waals surface area contributed by atoms with Crippen LogP contribution in [0.3, 0.4) is 0 Å². The summed E-state index contributed by atoms with van der Waals surface area (Å²) in [4.78, 5) is 0. The van der Waals surface area contributed by atoms with E-state index in [0.717, 1.165) is 17.7 Å². The van der Waals surface area contributed by atoms with Crippen LogP contribution in [0.15, 0.2) is 59.6 Å². The minimum Gasteiger partial charge on any atom is -0.507 e. The first-order valence-electron chi connectivity index (χ1n) is 7.27. The van der Waals surface area contributed by atoms with Gasteiger partial charge in [0.2, 0.25) is 0 Å². The second-order valence-electron chi connectivity index (χ2n) is 5.16. The molecule has 0 bridgehead atoms. The average molecular weight is 384 g/mol. The summed E-state index contributed by atoms with van der Waals surface area (Å²) < 4.78 is 2.48. The van der Waals surface area contributed by atoms with Crippen LogP contribution in [-0.4, -0.2) is 26.5 Å². The molecule has 0 amide bonds. The number of benzene rings is 2. The van der Waals surface area contributed by atoms with Gasteiger partial charge < -0.3 is 5.11 Å². The zero-order chi connectivity index (χ0) is 16.9. The highest BCUT2D eigenvalue weighted by Crippen LogP contribution is 2.25. The number of phenolic OH excluding ortho intramolecular Hbond substituents is 1. The largest absolute Gasteiger partial charge is 0.507 e. The van der Waals surface area contributed by atoms with Gasteiger partial charge in [-0.25, -0.2) is 4.68 Å². The third kappa shape index (κ3) is 3.55. The Morgan fingerprint density at radius 3 is 2.46 bits per heavy atom. The van der Waals surface area contributed by atoms with Crippen molar-refractivity contribution in [1.82, 2.24) is 14.9 Å². The van der Waals surface area contributed by atoms with Gasteiger partial charge >= 0.3 is 0 Å². The van der Waals surface area contributed by atoms with E-state index in [0.29, 0.717) is 16.6 Å². The molecule has 0 fully saturated rings. The molecule has 3 aromatic rings. The van der Waals surface area contributed by atoms with Crippen molar-refractivity contribution in [3.8, 4) is 11.8 Å². The van der Waals surface area contributed by atoms with Gasteiger partial charge in [-0.15, -0.1) is 10.2 Å². The maximum absolute atomic E-state index is 9.59. The standard InChI is InChI=1S/C17H14BrN5O/c18-16-9-13(3-6-17(16)24)7-8-23(22-11-20-21-12-22)15-4-1-14(10-19)2-5-15/h1-6,9,11-12,24H,7-8H2. The van der Waals surface area contributed by atoms with Gasteiger partial charge in [0.1, 0.15) is 18.4 Å². The molecule has 3 rings (SSSR count). The van der Waals surface area contributed by atoms with E-state index in [2.05, 4.69) is 32.2 Å². The summed E-state index contributed by atoms with van der Waals surface area (Å²) in [5.41, 5.74) is 2.64. The second kappa shape index (κ2) is 7.15. The highest BCUT2D eigenvalue weighted by atomic mass is 79.9. The summed E-state index contributed by atoms with van der Waals surface area (Å²) in [6, 6.07) is 14.9. The Bertz CT molecular complexity index is 856. The van der Waals surface area contributed by atoms with Crippen LogP contribution in [0.1, 0.15) is 11.1 Å². The molecule has 2 aromatic carbocycles. The van der Waals surface area contributed by atoms with Crippen LogP contribution in [0, 0.1) is 11.3 Å². The van der Waals surface area contributed by atoms with Gasteiger partial charge in [-0.2, -0.15) is 5.26 Å². The number of aromatic hydroxyl groups is 1. The molecule has 6 nitrogen and oxygen atoms in total. The summed E-state index contributed by atoms with van der Waals surface area (Å²) in [6.45, 7) is 0.682. The molecule has 0 saturated carbocycles. The maximum Gasteiger partial charge on any atom is 0.139 e. The van der Waals surface area contributed by atoms with Crippen LogP contribution in [0.4, 0.5) is 5.69 Å². The van der Waals surface area contributed by atoms with Gasteiger partial charge in [0, 0.05) is 6.54 Å². The fourth-order valence-corrected chi connectivity index (χ4v) is 2.77. The fourth-order valence-electron chi connectivity index (χ4n) is 2.35. The SMILES string of the molecule is N#Cc1ccc(N(CCc2ccc(O)c(Br)c2)n2cnnc2)cc1. The number of halogens is 1. The van der Waals surface area contributed by atoms with Crippen molar-refractivity contribution in [2.45, 2.75) is 6.42 Å². The zero-order valence-electron chi connectivity index (χ0n) is 12.7. The number of hydrogen-bond acceptors (Lipinski definition) is 5. The molecule has 0 saturated heterocycles. The van der Waals surface area contributed by atoms with Gasteiger partial charge in [0.15, 0.2) is 0 Å². The molecule has 0 aliphatic rings. The monoisotopic (exact) mass is 383 g/mol. The molecule has 0 radical (unpaired) electrons. The van der Waals surface area contributed by atoms with E-state index in [1.54, 1.807) is 35.5 Å². The van der Waals surface area contributed by atoms with Gasteiger partial charge in [0.25, 0.3) is 0 Å². The third-order valence-corrected chi connectivity index (χ3v) is 4.24. The van der Waals surface area contributed by atoms with E-state index in [4.69, 9.17) is 5.26 Å². The van der Waals surface area contributed by atoms with Gasteiger partial charge in [0.05, 0.1) is 21.8 Å². The molecule has 0 spiro atoms. The minimum absolute atomic E-state index is 0.224. The Hall–Kier alpha value is -2.85. The van der Waals surface area contributed by atoms with E-state index >= 15 is 0 Å². The molecule has 7 heteroatoms.